The van der Waals surface area contributed by atoms with E-state index in [1.165, 1.54) is 42.5 Å². The van der Waals surface area contributed by atoms with E-state index in [9.17, 15) is 24.1 Å². The van der Waals surface area contributed by atoms with Crippen LogP contribution in [0.2, 0.25) is 0 Å². The molecular formula is C24H22FN3O5. The predicted octanol–water partition coefficient (Wildman–Crippen LogP) is 4.88. The summed E-state index contributed by atoms with van der Waals surface area (Å²) in [6.45, 7) is 3.75. The lowest BCUT2D eigenvalue weighted by atomic mass is 10.1. The number of hydrogen-bond donors (Lipinski definition) is 2. The lowest BCUT2D eigenvalue weighted by Crippen LogP contribution is -2.26. The highest BCUT2D eigenvalue weighted by Gasteiger charge is 2.20. The van der Waals surface area contributed by atoms with Crippen LogP contribution in [0.3, 0.4) is 0 Å². The summed E-state index contributed by atoms with van der Waals surface area (Å²) in [4.78, 5) is 35.5. The van der Waals surface area contributed by atoms with Gasteiger partial charge in [-0.15, -0.1) is 0 Å². The fraction of sp³-hybridized carbons (Fsp3) is 0.167. The van der Waals surface area contributed by atoms with E-state index >= 15 is 0 Å². The molecule has 0 fully saturated rings. The third-order valence-electron chi connectivity index (χ3n) is 4.84. The minimum Gasteiger partial charge on any atom is -0.487 e. The molecule has 0 aliphatic rings. The maximum atomic E-state index is 13.0. The van der Waals surface area contributed by atoms with Crippen LogP contribution in [0.25, 0.3) is 0 Å². The number of benzene rings is 3. The zero-order chi connectivity index (χ0) is 24.0. The maximum Gasteiger partial charge on any atom is 0.311 e. The molecule has 0 aliphatic heterocycles. The Balaban J connectivity index is 1.65. The standard InChI is InChI=1S/C24H22FN3O5/c1-3-33-22-13-8-18(14-21(22)28(31)32)24(30)26-15(2)16-6-11-20(12-7-16)27-23(29)17-4-9-19(25)10-5-17/h4-15H,3H2,1-2H3,(H,26,30)(H,27,29). The fourth-order valence-electron chi connectivity index (χ4n) is 3.10. The maximum absolute atomic E-state index is 13.0. The van der Waals surface area contributed by atoms with Gasteiger partial charge in [-0.1, -0.05) is 12.1 Å². The van der Waals surface area contributed by atoms with Gasteiger partial charge in [-0.3, -0.25) is 19.7 Å². The summed E-state index contributed by atoms with van der Waals surface area (Å²) in [5.74, 6) is -1.17. The number of halogens is 1. The van der Waals surface area contributed by atoms with Gasteiger partial charge in [0.15, 0.2) is 5.75 Å². The minimum atomic E-state index is -0.593. The van der Waals surface area contributed by atoms with Crippen molar-refractivity contribution in [2.24, 2.45) is 0 Å². The molecule has 170 valence electrons. The number of rotatable bonds is 8. The summed E-state index contributed by atoms with van der Waals surface area (Å²) in [6.07, 6.45) is 0. The van der Waals surface area contributed by atoms with E-state index in [4.69, 9.17) is 4.74 Å². The van der Waals surface area contributed by atoms with E-state index < -0.39 is 22.7 Å². The zero-order valence-corrected chi connectivity index (χ0v) is 18.0. The summed E-state index contributed by atoms with van der Waals surface area (Å²) in [7, 11) is 0. The summed E-state index contributed by atoms with van der Waals surface area (Å²) >= 11 is 0. The average Bonchev–Trinajstić information content (AvgIpc) is 2.80. The van der Waals surface area contributed by atoms with Crippen LogP contribution in [-0.2, 0) is 0 Å². The van der Waals surface area contributed by atoms with Crippen LogP contribution in [0, 0.1) is 15.9 Å². The van der Waals surface area contributed by atoms with Crippen LogP contribution < -0.4 is 15.4 Å². The SMILES string of the molecule is CCOc1ccc(C(=O)NC(C)c2ccc(NC(=O)c3ccc(F)cc3)cc2)cc1[N+](=O)[O-]. The van der Waals surface area contributed by atoms with Crippen molar-refractivity contribution in [3.05, 3.63) is 99.4 Å². The third kappa shape index (κ3) is 5.91. The first-order chi connectivity index (χ1) is 15.8. The molecule has 0 aliphatic carbocycles. The highest BCUT2D eigenvalue weighted by molar-refractivity contribution is 6.04. The Hall–Kier alpha value is -4.27. The number of carbonyl (C=O) groups is 2. The quantitative estimate of drug-likeness (QED) is 0.375. The summed E-state index contributed by atoms with van der Waals surface area (Å²) in [6, 6.07) is 15.7. The van der Waals surface area contributed by atoms with Crippen LogP contribution in [0.1, 0.15) is 46.2 Å². The molecule has 0 heterocycles. The molecule has 0 saturated heterocycles. The predicted molar refractivity (Wildman–Crippen MR) is 121 cm³/mol. The number of anilines is 1. The fourth-order valence-corrected chi connectivity index (χ4v) is 3.10. The number of nitro groups is 1. The van der Waals surface area contributed by atoms with Gasteiger partial charge in [0.1, 0.15) is 5.82 Å². The van der Waals surface area contributed by atoms with Crippen molar-refractivity contribution in [1.29, 1.82) is 0 Å². The molecule has 2 amide bonds. The summed E-state index contributed by atoms with van der Waals surface area (Å²) in [5, 5.41) is 16.8. The highest BCUT2D eigenvalue weighted by atomic mass is 19.1. The van der Waals surface area contributed by atoms with Crippen LogP contribution in [0.5, 0.6) is 5.75 Å². The first-order valence-corrected chi connectivity index (χ1v) is 10.2. The molecule has 9 heteroatoms. The van der Waals surface area contributed by atoms with Crippen molar-refractivity contribution in [3.63, 3.8) is 0 Å². The average molecular weight is 451 g/mol. The lowest BCUT2D eigenvalue weighted by Gasteiger charge is -2.15. The number of nitrogens with zero attached hydrogens (tertiary/aromatic N) is 1. The number of nitro benzene ring substituents is 1. The van der Waals surface area contributed by atoms with Crippen LogP contribution >= 0.6 is 0 Å². The molecule has 3 rings (SSSR count). The topological polar surface area (TPSA) is 111 Å². The number of carbonyl (C=O) groups excluding carboxylic acids is 2. The second-order valence-electron chi connectivity index (χ2n) is 7.15. The molecule has 8 nitrogen and oxygen atoms in total. The molecular weight excluding hydrogens is 429 g/mol. The van der Waals surface area contributed by atoms with Gasteiger partial charge >= 0.3 is 5.69 Å². The summed E-state index contributed by atoms with van der Waals surface area (Å²) < 4.78 is 18.2. The Morgan fingerprint density at radius 2 is 1.64 bits per heavy atom. The molecule has 2 N–H and O–H groups in total. The van der Waals surface area contributed by atoms with Crippen molar-refractivity contribution in [2.45, 2.75) is 19.9 Å². The molecule has 0 saturated carbocycles. The van der Waals surface area contributed by atoms with Gasteiger partial charge in [-0.2, -0.15) is 0 Å². The second kappa shape index (κ2) is 10.4. The zero-order valence-electron chi connectivity index (χ0n) is 18.0. The van der Waals surface area contributed by atoms with Gasteiger partial charge in [0, 0.05) is 22.9 Å². The van der Waals surface area contributed by atoms with Crippen molar-refractivity contribution in [2.75, 3.05) is 11.9 Å². The monoisotopic (exact) mass is 451 g/mol. The van der Waals surface area contributed by atoms with Crippen LogP contribution in [-0.4, -0.2) is 23.3 Å². The number of nitrogens with one attached hydrogen (secondary N) is 2. The molecule has 33 heavy (non-hydrogen) atoms. The van der Waals surface area contributed by atoms with E-state index in [0.717, 1.165) is 5.56 Å². The number of amides is 2. The van der Waals surface area contributed by atoms with Gasteiger partial charge in [0.05, 0.1) is 17.6 Å². The van der Waals surface area contributed by atoms with Gasteiger partial charge < -0.3 is 15.4 Å². The second-order valence-corrected chi connectivity index (χ2v) is 7.15. The first-order valence-electron chi connectivity index (χ1n) is 10.2. The normalized spacial score (nSPS) is 11.4. The highest BCUT2D eigenvalue weighted by Crippen LogP contribution is 2.28. The van der Waals surface area contributed by atoms with Crippen molar-refractivity contribution >= 4 is 23.2 Å². The van der Waals surface area contributed by atoms with E-state index in [2.05, 4.69) is 10.6 Å². The lowest BCUT2D eigenvalue weighted by molar-refractivity contribution is -0.385. The summed E-state index contributed by atoms with van der Waals surface area (Å²) in [5.41, 5.74) is 1.49. The molecule has 0 spiro atoms. The largest absolute Gasteiger partial charge is 0.487 e. The molecule has 0 radical (unpaired) electrons. The molecule has 1 unspecified atom stereocenters. The van der Waals surface area contributed by atoms with Gasteiger partial charge in [-0.05, 0) is 67.9 Å². The number of ether oxygens (including phenoxy) is 1. The first kappa shape index (κ1) is 23.4. The number of hydrogen-bond acceptors (Lipinski definition) is 5. The minimum absolute atomic E-state index is 0.102. The van der Waals surface area contributed by atoms with Crippen molar-refractivity contribution < 1.29 is 23.6 Å². The Bertz CT molecular complexity index is 1160. The molecule has 0 bridgehead atoms. The molecule has 3 aromatic carbocycles. The van der Waals surface area contributed by atoms with Crippen molar-refractivity contribution in [1.82, 2.24) is 5.32 Å². The van der Waals surface area contributed by atoms with Crippen LogP contribution in [0.15, 0.2) is 66.7 Å². The Morgan fingerprint density at radius 1 is 1.00 bits per heavy atom. The van der Waals surface area contributed by atoms with E-state index in [0.29, 0.717) is 11.3 Å². The smallest absolute Gasteiger partial charge is 0.311 e. The molecule has 3 aromatic rings. The van der Waals surface area contributed by atoms with Gasteiger partial charge in [0.2, 0.25) is 0 Å². The van der Waals surface area contributed by atoms with E-state index in [-0.39, 0.29) is 29.5 Å². The third-order valence-corrected chi connectivity index (χ3v) is 4.84. The van der Waals surface area contributed by atoms with E-state index in [1.54, 1.807) is 38.1 Å². The van der Waals surface area contributed by atoms with Gasteiger partial charge in [0.25, 0.3) is 11.8 Å². The molecule has 0 aromatic heterocycles. The van der Waals surface area contributed by atoms with Gasteiger partial charge in [-0.25, -0.2) is 4.39 Å². The Morgan fingerprint density at radius 3 is 2.24 bits per heavy atom. The Labute approximate surface area is 189 Å². The van der Waals surface area contributed by atoms with Crippen molar-refractivity contribution in [3.8, 4) is 5.75 Å². The molecule has 1 atom stereocenters. The van der Waals surface area contributed by atoms with E-state index in [1.807, 2.05) is 0 Å². The Kier molecular flexibility index (Phi) is 7.34. The van der Waals surface area contributed by atoms with Crippen LogP contribution in [0.4, 0.5) is 15.8 Å².